The number of fused-ring (bicyclic) bond motifs is 1. The molecule has 2 heterocycles. The second-order valence-corrected chi connectivity index (χ2v) is 9.66. The molecule has 1 atom stereocenters. The number of nitrogens with zero attached hydrogens (tertiary/aromatic N) is 5. The molecule has 40 heavy (non-hydrogen) atoms. The zero-order chi connectivity index (χ0) is 27.9. The van der Waals surface area contributed by atoms with Crippen LogP contribution in [-0.2, 0) is 19.6 Å². The zero-order valence-electron chi connectivity index (χ0n) is 23.1. The van der Waals surface area contributed by atoms with Crippen molar-refractivity contribution in [3.8, 4) is 11.5 Å². The number of benzene rings is 3. The summed E-state index contributed by atoms with van der Waals surface area (Å²) in [5.74, 6) is 2.33. The lowest BCUT2D eigenvalue weighted by Crippen LogP contribution is -2.32. The molecular weight excluding hydrogens is 504 g/mol. The Morgan fingerprint density at radius 2 is 1.70 bits per heavy atom. The molecule has 0 saturated carbocycles. The van der Waals surface area contributed by atoms with Crippen molar-refractivity contribution in [3.05, 3.63) is 112 Å². The van der Waals surface area contributed by atoms with E-state index in [-0.39, 0.29) is 11.6 Å². The predicted octanol–water partition coefficient (Wildman–Crippen LogP) is 5.12. The number of pyridine rings is 1. The number of methoxy groups -OCH3 is 1. The van der Waals surface area contributed by atoms with Crippen molar-refractivity contribution in [1.29, 1.82) is 0 Å². The highest BCUT2D eigenvalue weighted by Gasteiger charge is 2.26. The van der Waals surface area contributed by atoms with Crippen molar-refractivity contribution in [1.82, 2.24) is 30.1 Å². The molecule has 9 heteroatoms. The average Bonchev–Trinajstić information content (AvgIpc) is 3.42. The van der Waals surface area contributed by atoms with Gasteiger partial charge in [0.2, 0.25) is 0 Å². The first-order chi connectivity index (χ1) is 19.6. The van der Waals surface area contributed by atoms with Gasteiger partial charge >= 0.3 is 0 Å². The third-order valence-corrected chi connectivity index (χ3v) is 6.98. The highest BCUT2D eigenvalue weighted by molar-refractivity contribution is 5.80. The molecular formula is C31H34N6O3. The molecule has 0 unspecified atom stereocenters. The number of hydrogen-bond acceptors (Lipinski definition) is 7. The van der Waals surface area contributed by atoms with Crippen LogP contribution in [0.5, 0.6) is 11.5 Å². The van der Waals surface area contributed by atoms with Crippen LogP contribution in [0.2, 0.25) is 0 Å². The lowest BCUT2D eigenvalue weighted by atomic mass is 10.1. The van der Waals surface area contributed by atoms with Crippen LogP contribution in [-0.4, -0.2) is 43.8 Å². The van der Waals surface area contributed by atoms with E-state index < -0.39 is 0 Å². The Hall–Kier alpha value is -4.50. The van der Waals surface area contributed by atoms with Crippen molar-refractivity contribution in [3.63, 3.8) is 0 Å². The molecule has 5 aromatic rings. The molecule has 0 aliphatic heterocycles. The Kier molecular flexibility index (Phi) is 8.51. The first kappa shape index (κ1) is 27.1. The Balaban J connectivity index is 1.51. The predicted molar refractivity (Wildman–Crippen MR) is 154 cm³/mol. The minimum atomic E-state index is -0.134. The number of nitrogens with one attached hydrogen (secondary N) is 1. The highest BCUT2D eigenvalue weighted by atomic mass is 16.5. The molecule has 0 aliphatic rings. The fourth-order valence-corrected chi connectivity index (χ4v) is 4.99. The molecule has 0 amide bonds. The smallest absolute Gasteiger partial charge is 0.252 e. The van der Waals surface area contributed by atoms with Crippen molar-refractivity contribution >= 4 is 10.9 Å². The molecule has 3 aromatic carbocycles. The Labute approximate surface area is 233 Å². The maximum Gasteiger partial charge on any atom is 0.252 e. The fourth-order valence-electron chi connectivity index (χ4n) is 4.99. The van der Waals surface area contributed by atoms with Crippen molar-refractivity contribution in [2.75, 3.05) is 13.7 Å². The molecule has 0 fully saturated rings. The van der Waals surface area contributed by atoms with Gasteiger partial charge in [-0.25, -0.2) is 4.68 Å². The van der Waals surface area contributed by atoms with Crippen molar-refractivity contribution < 1.29 is 9.47 Å². The maximum atomic E-state index is 13.2. The average molecular weight is 539 g/mol. The number of aromatic nitrogens is 5. The van der Waals surface area contributed by atoms with Crippen LogP contribution >= 0.6 is 0 Å². The Morgan fingerprint density at radius 3 is 2.42 bits per heavy atom. The molecule has 0 saturated heterocycles. The summed E-state index contributed by atoms with van der Waals surface area (Å²) in [7, 11) is 1.66. The van der Waals surface area contributed by atoms with Crippen LogP contribution in [0.1, 0.15) is 48.8 Å². The van der Waals surface area contributed by atoms with Gasteiger partial charge in [-0.2, -0.15) is 0 Å². The third-order valence-electron chi connectivity index (χ3n) is 6.98. The van der Waals surface area contributed by atoms with Crippen LogP contribution in [0.15, 0.2) is 83.7 Å². The van der Waals surface area contributed by atoms with Gasteiger partial charge in [0.25, 0.3) is 5.56 Å². The van der Waals surface area contributed by atoms with E-state index in [2.05, 4.69) is 44.5 Å². The molecule has 2 aromatic heterocycles. The number of ether oxygens (including phenoxy) is 2. The maximum absolute atomic E-state index is 13.2. The van der Waals surface area contributed by atoms with E-state index in [1.165, 1.54) is 0 Å². The quantitative estimate of drug-likeness (QED) is 0.235. The summed E-state index contributed by atoms with van der Waals surface area (Å²) in [5.41, 5.74) is 3.53. The highest BCUT2D eigenvalue weighted by Crippen LogP contribution is 2.28. The van der Waals surface area contributed by atoms with Crippen LogP contribution in [0.4, 0.5) is 0 Å². The van der Waals surface area contributed by atoms with Gasteiger partial charge in [0.15, 0.2) is 5.82 Å². The standard InChI is InChI=1S/C31H34N6O3/c1-4-29(30-33-34-35-37(30)20-22-9-7-6-8-10-22)36(19-23-11-13-26(39-3)14-12-23)21-25-17-24-18-27(40-5-2)15-16-28(24)32-31(25)38/h6-18,29H,4-5,19-21H2,1-3H3,(H,32,38)/t29-/m0/s1. The summed E-state index contributed by atoms with van der Waals surface area (Å²) in [6, 6.07) is 25.7. The first-order valence-corrected chi connectivity index (χ1v) is 13.5. The molecule has 1 N–H and O–H groups in total. The van der Waals surface area contributed by atoms with Gasteiger partial charge in [-0.1, -0.05) is 49.4 Å². The van der Waals surface area contributed by atoms with Gasteiger partial charge in [0, 0.05) is 29.6 Å². The summed E-state index contributed by atoms with van der Waals surface area (Å²) >= 11 is 0. The number of aromatic amines is 1. The van der Waals surface area contributed by atoms with Crippen LogP contribution in [0.25, 0.3) is 10.9 Å². The molecule has 0 bridgehead atoms. The van der Waals surface area contributed by atoms with Crippen LogP contribution < -0.4 is 15.0 Å². The second-order valence-electron chi connectivity index (χ2n) is 9.66. The van der Waals surface area contributed by atoms with Gasteiger partial charge in [0.1, 0.15) is 11.5 Å². The van der Waals surface area contributed by atoms with Gasteiger partial charge in [-0.05, 0) is 71.3 Å². The molecule has 0 radical (unpaired) electrons. The topological polar surface area (TPSA) is 98.2 Å². The largest absolute Gasteiger partial charge is 0.497 e. The summed E-state index contributed by atoms with van der Waals surface area (Å²) in [6.45, 7) is 6.21. The number of hydrogen-bond donors (Lipinski definition) is 1. The number of H-pyrrole nitrogens is 1. The number of rotatable bonds is 12. The minimum Gasteiger partial charge on any atom is -0.497 e. The Bertz CT molecular complexity index is 1600. The van der Waals surface area contributed by atoms with E-state index in [1.807, 2.05) is 78.3 Å². The van der Waals surface area contributed by atoms with Gasteiger partial charge < -0.3 is 14.5 Å². The van der Waals surface area contributed by atoms with E-state index in [0.717, 1.165) is 45.8 Å². The van der Waals surface area contributed by atoms with E-state index >= 15 is 0 Å². The summed E-state index contributed by atoms with van der Waals surface area (Å²) < 4.78 is 12.9. The van der Waals surface area contributed by atoms with Crippen molar-refractivity contribution in [2.45, 2.75) is 45.9 Å². The lowest BCUT2D eigenvalue weighted by molar-refractivity contribution is 0.161. The Morgan fingerprint density at radius 1 is 0.925 bits per heavy atom. The SMILES string of the molecule is CCOc1ccc2[nH]c(=O)c(CN(Cc3ccc(OC)cc3)[C@@H](CC)c3nnnn3Cc3ccccc3)cc2c1. The van der Waals surface area contributed by atoms with E-state index in [1.54, 1.807) is 7.11 Å². The van der Waals surface area contributed by atoms with Gasteiger partial charge in [-0.3, -0.25) is 9.69 Å². The van der Waals surface area contributed by atoms with Crippen molar-refractivity contribution in [2.24, 2.45) is 0 Å². The fraction of sp³-hybridized carbons (Fsp3) is 0.290. The first-order valence-electron chi connectivity index (χ1n) is 13.5. The molecule has 0 aliphatic carbocycles. The summed E-state index contributed by atoms with van der Waals surface area (Å²) in [5, 5.41) is 13.7. The van der Waals surface area contributed by atoms with Gasteiger partial charge in [0.05, 0.1) is 26.3 Å². The zero-order valence-corrected chi connectivity index (χ0v) is 23.1. The second kappa shape index (κ2) is 12.6. The number of tetrazole rings is 1. The third kappa shape index (κ3) is 6.21. The molecule has 5 rings (SSSR count). The molecule has 9 nitrogen and oxygen atoms in total. The normalized spacial score (nSPS) is 12.1. The molecule has 206 valence electrons. The minimum absolute atomic E-state index is 0.116. The van der Waals surface area contributed by atoms with Gasteiger partial charge in [-0.15, -0.1) is 5.10 Å². The molecule has 0 spiro atoms. The van der Waals surface area contributed by atoms with E-state index in [9.17, 15) is 4.79 Å². The summed E-state index contributed by atoms with van der Waals surface area (Å²) in [6.07, 6.45) is 0.755. The van der Waals surface area contributed by atoms with Crippen LogP contribution in [0, 0.1) is 0 Å². The van der Waals surface area contributed by atoms with E-state index in [0.29, 0.717) is 31.8 Å². The monoisotopic (exact) mass is 538 g/mol. The van der Waals surface area contributed by atoms with E-state index in [4.69, 9.17) is 9.47 Å². The lowest BCUT2D eigenvalue weighted by Gasteiger charge is -2.30. The summed E-state index contributed by atoms with van der Waals surface area (Å²) in [4.78, 5) is 18.6. The van der Waals surface area contributed by atoms with Crippen LogP contribution in [0.3, 0.4) is 0 Å².